The Labute approximate surface area is 109 Å². The highest BCUT2D eigenvalue weighted by molar-refractivity contribution is 7.92. The second-order valence-electron chi connectivity index (χ2n) is 4.32. The van der Waals surface area contributed by atoms with Crippen molar-refractivity contribution >= 4 is 15.9 Å². The van der Waals surface area contributed by atoms with Crippen LogP contribution in [0.25, 0.3) is 0 Å². The lowest BCUT2D eigenvalue weighted by Gasteiger charge is -2.17. The fourth-order valence-corrected chi connectivity index (χ4v) is 2.90. The molecule has 1 saturated heterocycles. The molecule has 1 unspecified atom stereocenters. The molecular formula is C10H16F3NO4S. The van der Waals surface area contributed by atoms with E-state index in [0.29, 0.717) is 6.42 Å². The van der Waals surface area contributed by atoms with E-state index in [9.17, 15) is 26.4 Å². The summed E-state index contributed by atoms with van der Waals surface area (Å²) in [7, 11) is -5.22. The van der Waals surface area contributed by atoms with Gasteiger partial charge in [0.15, 0.2) is 0 Å². The maximum atomic E-state index is 12.3. The Morgan fingerprint density at radius 2 is 2.05 bits per heavy atom. The average Bonchev–Trinajstić information content (AvgIpc) is 2.77. The van der Waals surface area contributed by atoms with Crippen LogP contribution in [0.3, 0.4) is 0 Å². The number of halogens is 3. The van der Waals surface area contributed by atoms with Crippen LogP contribution in [0, 0.1) is 0 Å². The molecule has 0 N–H and O–H groups in total. The van der Waals surface area contributed by atoms with Gasteiger partial charge in [0, 0.05) is 13.1 Å². The number of nitrogens with zero attached hydrogens (tertiary/aromatic N) is 1. The largest absolute Gasteiger partial charge is 0.497 e. The molecule has 1 rings (SSSR count). The van der Waals surface area contributed by atoms with Crippen molar-refractivity contribution in [1.82, 2.24) is 4.90 Å². The normalized spacial score (nSPS) is 20.6. The van der Waals surface area contributed by atoms with Crippen molar-refractivity contribution < 1.29 is 31.1 Å². The molecule has 0 bridgehead atoms. The predicted octanol–water partition coefficient (Wildman–Crippen LogP) is 1.93. The first-order valence-electron chi connectivity index (χ1n) is 5.92. The van der Waals surface area contributed by atoms with E-state index >= 15 is 0 Å². The van der Waals surface area contributed by atoms with Gasteiger partial charge in [0.25, 0.3) is 9.84 Å². The van der Waals surface area contributed by atoms with Crippen LogP contribution in [0.15, 0.2) is 0 Å². The summed E-state index contributed by atoms with van der Waals surface area (Å²) in [5, 5.41) is -1.59. The molecule has 5 nitrogen and oxygen atoms in total. The number of alkyl halides is 3. The van der Waals surface area contributed by atoms with Gasteiger partial charge in [0.1, 0.15) is 0 Å². The van der Waals surface area contributed by atoms with Gasteiger partial charge in [-0.3, -0.25) is 0 Å². The van der Waals surface area contributed by atoms with E-state index in [1.165, 1.54) is 0 Å². The van der Waals surface area contributed by atoms with Crippen LogP contribution in [0.1, 0.15) is 26.2 Å². The number of carbonyl (C=O) groups excluding carboxylic acids is 1. The number of hydrogen-bond donors (Lipinski definition) is 0. The first-order chi connectivity index (χ1) is 8.70. The zero-order valence-corrected chi connectivity index (χ0v) is 11.3. The summed E-state index contributed by atoms with van der Waals surface area (Å²) < 4.78 is 64.2. The molecule has 0 radical (unpaired) electrons. The average molecular weight is 303 g/mol. The molecule has 1 aliphatic heterocycles. The van der Waals surface area contributed by atoms with Crippen molar-refractivity contribution in [3.8, 4) is 0 Å². The molecule has 1 aliphatic rings. The number of rotatable bonds is 4. The van der Waals surface area contributed by atoms with Crippen LogP contribution in [0.2, 0.25) is 0 Å². The van der Waals surface area contributed by atoms with Gasteiger partial charge in [-0.2, -0.15) is 13.2 Å². The van der Waals surface area contributed by atoms with E-state index in [4.69, 9.17) is 4.74 Å². The van der Waals surface area contributed by atoms with Crippen molar-refractivity contribution in [3.63, 3.8) is 0 Å². The number of amides is 1. The summed E-state index contributed by atoms with van der Waals surface area (Å²) in [4.78, 5) is 12.5. The van der Waals surface area contributed by atoms with Crippen molar-refractivity contribution in [2.24, 2.45) is 0 Å². The van der Waals surface area contributed by atoms with E-state index in [1.807, 2.05) is 6.92 Å². The topological polar surface area (TPSA) is 63.7 Å². The molecule has 9 heteroatoms. The van der Waals surface area contributed by atoms with E-state index < -0.39 is 33.2 Å². The quantitative estimate of drug-likeness (QED) is 0.744. The Morgan fingerprint density at radius 3 is 2.58 bits per heavy atom. The zero-order chi connectivity index (χ0) is 14.7. The molecule has 1 atom stereocenters. The highest BCUT2D eigenvalue weighted by Gasteiger charge is 2.52. The molecule has 0 aliphatic carbocycles. The minimum atomic E-state index is -5.28. The van der Waals surface area contributed by atoms with Gasteiger partial charge in [-0.05, 0) is 12.8 Å². The minimum Gasteiger partial charge on any atom is -0.449 e. The third-order valence-electron chi connectivity index (χ3n) is 2.89. The second kappa shape index (κ2) is 5.98. The summed E-state index contributed by atoms with van der Waals surface area (Å²) in [5.41, 5.74) is -5.28. The molecule has 0 aromatic heterocycles. The maximum absolute atomic E-state index is 12.3. The van der Waals surface area contributed by atoms with Crippen molar-refractivity contribution in [2.45, 2.75) is 36.9 Å². The monoisotopic (exact) mass is 303 g/mol. The number of unbranched alkanes of at least 4 members (excludes halogenated alkanes) is 1. The Balaban J connectivity index is 2.57. The Morgan fingerprint density at radius 1 is 1.42 bits per heavy atom. The SMILES string of the molecule is CCCCOC(=O)N1CCC(S(=O)(=O)C(F)(F)F)C1. The first kappa shape index (κ1) is 16.1. The number of sulfone groups is 1. The van der Waals surface area contributed by atoms with Crippen LogP contribution < -0.4 is 0 Å². The Kier molecular flexibility index (Phi) is 5.05. The van der Waals surface area contributed by atoms with E-state index in [2.05, 4.69) is 0 Å². The molecular weight excluding hydrogens is 287 g/mol. The third-order valence-corrected chi connectivity index (χ3v) is 4.80. The number of carbonyl (C=O) groups is 1. The Hall–Kier alpha value is -0.990. The molecule has 0 saturated carbocycles. The van der Waals surface area contributed by atoms with Gasteiger partial charge < -0.3 is 9.64 Å². The van der Waals surface area contributed by atoms with E-state index in [-0.39, 0.29) is 19.6 Å². The zero-order valence-electron chi connectivity index (χ0n) is 10.4. The fourth-order valence-electron chi connectivity index (χ4n) is 1.73. The van der Waals surface area contributed by atoms with Gasteiger partial charge in [0.05, 0.1) is 11.9 Å². The summed E-state index contributed by atoms with van der Waals surface area (Å²) >= 11 is 0. The number of hydrogen-bond acceptors (Lipinski definition) is 4. The highest BCUT2D eigenvalue weighted by Crippen LogP contribution is 2.31. The summed E-state index contributed by atoms with van der Waals surface area (Å²) in [6.45, 7) is 1.58. The molecule has 112 valence electrons. The molecule has 0 spiro atoms. The number of ether oxygens (including phenoxy) is 1. The van der Waals surface area contributed by atoms with Crippen LogP contribution in [-0.2, 0) is 14.6 Å². The van der Waals surface area contributed by atoms with Crippen molar-refractivity contribution in [2.75, 3.05) is 19.7 Å². The van der Waals surface area contributed by atoms with E-state index in [1.54, 1.807) is 0 Å². The van der Waals surface area contributed by atoms with Crippen LogP contribution in [0.4, 0.5) is 18.0 Å². The predicted molar refractivity (Wildman–Crippen MR) is 61.2 cm³/mol. The minimum absolute atomic E-state index is 0.0368. The molecule has 1 heterocycles. The second-order valence-corrected chi connectivity index (χ2v) is 6.53. The van der Waals surface area contributed by atoms with Gasteiger partial charge in [-0.15, -0.1) is 0 Å². The van der Waals surface area contributed by atoms with E-state index in [0.717, 1.165) is 11.3 Å². The third kappa shape index (κ3) is 3.74. The van der Waals surface area contributed by atoms with Crippen LogP contribution in [0.5, 0.6) is 0 Å². The fraction of sp³-hybridized carbons (Fsp3) is 0.900. The number of likely N-dealkylation sites (tertiary alicyclic amines) is 1. The highest BCUT2D eigenvalue weighted by atomic mass is 32.2. The lowest BCUT2D eigenvalue weighted by Crippen LogP contribution is -2.37. The lowest BCUT2D eigenvalue weighted by atomic mass is 10.4. The first-order valence-corrected chi connectivity index (χ1v) is 7.46. The van der Waals surface area contributed by atoms with Gasteiger partial charge in [-0.25, -0.2) is 13.2 Å². The lowest BCUT2D eigenvalue weighted by molar-refractivity contribution is -0.0444. The van der Waals surface area contributed by atoms with Crippen LogP contribution in [-0.4, -0.2) is 49.9 Å². The molecule has 0 aromatic rings. The molecule has 1 amide bonds. The van der Waals surface area contributed by atoms with Gasteiger partial charge in [-0.1, -0.05) is 13.3 Å². The standard InChI is InChI=1S/C10H16F3NO4S/c1-2-3-6-18-9(15)14-5-4-8(7-14)19(16,17)10(11,12)13/h8H,2-7H2,1H3. The van der Waals surface area contributed by atoms with Crippen LogP contribution >= 0.6 is 0 Å². The summed E-state index contributed by atoms with van der Waals surface area (Å²) in [6.07, 6.45) is 0.501. The summed E-state index contributed by atoms with van der Waals surface area (Å²) in [5.74, 6) is 0. The van der Waals surface area contributed by atoms with Crippen molar-refractivity contribution in [1.29, 1.82) is 0 Å². The maximum Gasteiger partial charge on any atom is 0.497 e. The van der Waals surface area contributed by atoms with Gasteiger partial charge >= 0.3 is 11.6 Å². The molecule has 0 aromatic carbocycles. The molecule has 19 heavy (non-hydrogen) atoms. The summed E-state index contributed by atoms with van der Waals surface area (Å²) in [6, 6.07) is 0. The smallest absolute Gasteiger partial charge is 0.449 e. The Bertz CT molecular complexity index is 421. The molecule has 1 fully saturated rings. The van der Waals surface area contributed by atoms with Gasteiger partial charge in [0.2, 0.25) is 0 Å². The van der Waals surface area contributed by atoms with Crippen molar-refractivity contribution in [3.05, 3.63) is 0 Å².